The summed E-state index contributed by atoms with van der Waals surface area (Å²) in [5.41, 5.74) is 1.92. The van der Waals surface area contributed by atoms with Crippen LogP contribution in [0.25, 0.3) is 11.7 Å². The molecule has 0 saturated carbocycles. The first-order valence-electron chi connectivity index (χ1n) is 10.8. The first-order chi connectivity index (χ1) is 17.3. The van der Waals surface area contributed by atoms with Crippen LogP contribution in [-0.4, -0.2) is 26.3 Å². The zero-order valence-corrected chi connectivity index (χ0v) is 20.4. The number of benzene rings is 2. The molecule has 0 bridgehead atoms. The van der Waals surface area contributed by atoms with Gasteiger partial charge >= 0.3 is 0 Å². The number of pyridine rings is 1. The molecule has 0 atom stereocenters. The van der Waals surface area contributed by atoms with Crippen LogP contribution in [0.15, 0.2) is 83.3 Å². The lowest BCUT2D eigenvalue weighted by atomic mass is 10.1. The summed E-state index contributed by atoms with van der Waals surface area (Å²) in [5, 5.41) is 6.07. The predicted molar refractivity (Wildman–Crippen MR) is 144 cm³/mol. The molecule has 0 radical (unpaired) electrons. The zero-order valence-electron chi connectivity index (χ0n) is 18.9. The first-order valence-corrected chi connectivity index (χ1v) is 11.6. The third-order valence-corrected chi connectivity index (χ3v) is 6.10. The predicted octanol–water partition coefficient (Wildman–Crippen LogP) is 4.23. The van der Waals surface area contributed by atoms with E-state index < -0.39 is 17.4 Å². The summed E-state index contributed by atoms with van der Waals surface area (Å²) < 4.78 is 1.35. The number of amides is 2. The van der Waals surface area contributed by atoms with Crippen molar-refractivity contribution in [2.45, 2.75) is 6.92 Å². The Labute approximate surface area is 215 Å². The van der Waals surface area contributed by atoms with Crippen LogP contribution in [0.5, 0.6) is 0 Å². The van der Waals surface area contributed by atoms with E-state index in [2.05, 4.69) is 15.6 Å². The molecule has 2 aromatic heterocycles. The largest absolute Gasteiger partial charge is 0.339 e. The molecule has 3 heterocycles. The smallest absolute Gasteiger partial charge is 0.270 e. The number of carbonyl (C=O) groups excluding carboxylic acids is 2. The Hall–Kier alpha value is -4.34. The molecule has 1 saturated heterocycles. The van der Waals surface area contributed by atoms with Crippen LogP contribution in [0.2, 0.25) is 5.02 Å². The van der Waals surface area contributed by atoms with Crippen molar-refractivity contribution in [2.24, 2.45) is 0 Å². The Morgan fingerprint density at radius 2 is 1.72 bits per heavy atom. The summed E-state index contributed by atoms with van der Waals surface area (Å²) in [5.74, 6) is -1.19. The topological polar surface area (TPSA) is 95.8 Å². The maximum absolute atomic E-state index is 13.5. The van der Waals surface area contributed by atoms with Crippen molar-refractivity contribution in [2.75, 3.05) is 10.2 Å². The number of hydrogen-bond donors (Lipinski definition) is 2. The van der Waals surface area contributed by atoms with E-state index in [1.807, 2.05) is 31.2 Å². The number of nitrogens with one attached hydrogen (secondary N) is 2. The highest BCUT2D eigenvalue weighted by atomic mass is 35.5. The molecule has 8 nitrogen and oxygen atoms in total. The minimum atomic E-state index is -0.714. The third kappa shape index (κ3) is 4.37. The fourth-order valence-corrected chi connectivity index (χ4v) is 4.14. The Balaban J connectivity index is 1.65. The maximum atomic E-state index is 13.5. The molecular weight excluding hydrogens is 498 g/mol. The third-order valence-electron chi connectivity index (χ3n) is 5.56. The molecule has 0 aliphatic carbocycles. The van der Waals surface area contributed by atoms with Crippen LogP contribution in [0.4, 0.5) is 17.2 Å². The van der Waals surface area contributed by atoms with Gasteiger partial charge in [-0.15, -0.1) is 0 Å². The van der Waals surface area contributed by atoms with Gasteiger partial charge in [0.05, 0.1) is 11.3 Å². The fraction of sp³-hybridized carbons (Fsp3) is 0.0385. The van der Waals surface area contributed by atoms with E-state index in [9.17, 15) is 14.4 Å². The Morgan fingerprint density at radius 1 is 1.00 bits per heavy atom. The molecule has 5 rings (SSSR count). The fourth-order valence-electron chi connectivity index (χ4n) is 3.73. The average Bonchev–Trinajstić information content (AvgIpc) is 2.86. The van der Waals surface area contributed by atoms with Gasteiger partial charge in [0.2, 0.25) is 0 Å². The van der Waals surface area contributed by atoms with Crippen LogP contribution in [0.1, 0.15) is 11.1 Å². The van der Waals surface area contributed by atoms with Crippen molar-refractivity contribution >= 4 is 69.7 Å². The number of aromatic nitrogens is 2. The van der Waals surface area contributed by atoms with Gasteiger partial charge in [-0.3, -0.25) is 29.0 Å². The standard InChI is InChI=1S/C26H18ClN5O3S/c1-15-5-9-17(10-6-15)28-22-19(24(34)31-13-3-2-4-21(31)29-22)14-20-23(33)30-26(36)32(25(20)35)18-11-7-16(27)8-12-18/h2-14,28H,1H3,(H,30,33,36). The molecule has 2 N–H and O–H groups in total. The molecule has 0 spiro atoms. The molecule has 1 aliphatic rings. The lowest BCUT2D eigenvalue weighted by Gasteiger charge is -2.29. The number of anilines is 3. The van der Waals surface area contributed by atoms with Gasteiger partial charge in [-0.1, -0.05) is 35.4 Å². The van der Waals surface area contributed by atoms with Gasteiger partial charge in [-0.25, -0.2) is 4.98 Å². The second-order valence-corrected chi connectivity index (χ2v) is 8.86. The van der Waals surface area contributed by atoms with Crippen LogP contribution in [-0.2, 0) is 9.59 Å². The zero-order chi connectivity index (χ0) is 25.4. The van der Waals surface area contributed by atoms with E-state index in [0.29, 0.717) is 22.0 Å². The van der Waals surface area contributed by atoms with Crippen molar-refractivity contribution in [1.29, 1.82) is 0 Å². The summed E-state index contributed by atoms with van der Waals surface area (Å²) in [4.78, 5) is 45.5. The van der Waals surface area contributed by atoms with Gasteiger partial charge in [0.1, 0.15) is 17.0 Å². The summed E-state index contributed by atoms with van der Waals surface area (Å²) in [7, 11) is 0. The molecule has 178 valence electrons. The summed E-state index contributed by atoms with van der Waals surface area (Å²) in [6.07, 6.45) is 2.81. The number of rotatable bonds is 4. The number of halogens is 1. The molecule has 1 fully saturated rings. The highest BCUT2D eigenvalue weighted by Crippen LogP contribution is 2.25. The monoisotopic (exact) mass is 515 g/mol. The van der Waals surface area contributed by atoms with Gasteiger partial charge in [-0.2, -0.15) is 0 Å². The van der Waals surface area contributed by atoms with Crippen molar-refractivity contribution < 1.29 is 9.59 Å². The minimum absolute atomic E-state index is 0.0432. The molecule has 4 aromatic rings. The lowest BCUT2D eigenvalue weighted by Crippen LogP contribution is -2.54. The van der Waals surface area contributed by atoms with E-state index >= 15 is 0 Å². The number of nitrogens with zero attached hydrogens (tertiary/aromatic N) is 3. The number of hydrogen-bond acceptors (Lipinski definition) is 6. The molecule has 0 unspecified atom stereocenters. The summed E-state index contributed by atoms with van der Waals surface area (Å²) >= 11 is 11.2. The van der Waals surface area contributed by atoms with E-state index in [-0.39, 0.29) is 22.1 Å². The lowest BCUT2D eigenvalue weighted by molar-refractivity contribution is -0.122. The van der Waals surface area contributed by atoms with Gasteiger partial charge in [-0.05, 0) is 73.7 Å². The number of aryl methyl sites for hydroxylation is 1. The molecule has 1 aliphatic heterocycles. The SMILES string of the molecule is Cc1ccc(Nc2nc3ccccn3c(=O)c2C=C2C(=O)NC(=S)N(c3ccc(Cl)cc3)C2=O)cc1. The number of carbonyl (C=O) groups is 2. The van der Waals surface area contributed by atoms with Gasteiger partial charge in [0, 0.05) is 16.9 Å². The van der Waals surface area contributed by atoms with Crippen LogP contribution in [0, 0.1) is 6.92 Å². The van der Waals surface area contributed by atoms with Crippen LogP contribution >= 0.6 is 23.8 Å². The van der Waals surface area contributed by atoms with Crippen molar-refractivity contribution in [3.8, 4) is 0 Å². The highest BCUT2D eigenvalue weighted by molar-refractivity contribution is 7.80. The van der Waals surface area contributed by atoms with Gasteiger partial charge < -0.3 is 5.32 Å². The Kier molecular flexibility index (Phi) is 6.09. The van der Waals surface area contributed by atoms with Crippen LogP contribution < -0.4 is 21.1 Å². The molecule has 2 amide bonds. The van der Waals surface area contributed by atoms with E-state index in [0.717, 1.165) is 5.56 Å². The quantitative estimate of drug-likeness (QED) is 0.240. The van der Waals surface area contributed by atoms with E-state index in [1.165, 1.54) is 15.4 Å². The summed E-state index contributed by atoms with van der Waals surface area (Å²) in [6.45, 7) is 1.96. The van der Waals surface area contributed by atoms with Crippen molar-refractivity contribution in [3.63, 3.8) is 0 Å². The second-order valence-electron chi connectivity index (χ2n) is 8.03. The van der Waals surface area contributed by atoms with Crippen molar-refractivity contribution in [1.82, 2.24) is 14.7 Å². The average molecular weight is 516 g/mol. The second kappa shape index (κ2) is 9.37. The van der Waals surface area contributed by atoms with E-state index in [4.69, 9.17) is 23.8 Å². The highest BCUT2D eigenvalue weighted by Gasteiger charge is 2.35. The van der Waals surface area contributed by atoms with Crippen molar-refractivity contribution in [3.05, 3.63) is 105 Å². The molecule has 36 heavy (non-hydrogen) atoms. The minimum Gasteiger partial charge on any atom is -0.339 e. The first kappa shape index (κ1) is 23.4. The van der Waals surface area contributed by atoms with Gasteiger partial charge in [0.15, 0.2) is 5.11 Å². The number of fused-ring (bicyclic) bond motifs is 1. The van der Waals surface area contributed by atoms with Gasteiger partial charge in [0.25, 0.3) is 17.4 Å². The van der Waals surface area contributed by atoms with Crippen LogP contribution in [0.3, 0.4) is 0 Å². The van der Waals surface area contributed by atoms with E-state index in [1.54, 1.807) is 48.7 Å². The molecular formula is C26H18ClN5O3S. The molecule has 2 aromatic carbocycles. The number of thiocarbonyl (C=S) groups is 1. The Morgan fingerprint density at radius 3 is 2.44 bits per heavy atom. The maximum Gasteiger partial charge on any atom is 0.270 e. The molecule has 10 heteroatoms. The Bertz CT molecular complexity index is 1630. The normalized spacial score (nSPS) is 14.9. The summed E-state index contributed by atoms with van der Waals surface area (Å²) in [6, 6.07) is 19.1.